The maximum atomic E-state index is 17.4. The predicted octanol–water partition coefficient (Wildman–Crippen LogP) is 5.61. The zero-order valence-corrected chi connectivity index (χ0v) is 31.0. The molecule has 4 atom stereocenters. The first-order valence-corrected chi connectivity index (χ1v) is 18.7. The van der Waals surface area contributed by atoms with Gasteiger partial charge in [-0.05, 0) is 82.5 Å². The standard InChI is InChI=1S/C40H45F2N7O5/c1-6-28-30(41)11-8-23-16-27(50)17-29(31(23)28)34-33(42)35-32(37(44-34)54-22(2)3)36(48-18-24-9-10-25(19-48)43-24)46-38(45-35)53-21-40-13-7-15-49(40)26(12-14-40)20-52-39(51)47(4)5/h1,8,11,16-17,22,24-26,43,50H,7,9-10,12-15,18-21H2,2-5H3/t24?,25?,26-,40-/m1/s1. The number of rotatable bonds is 9. The molecule has 2 N–H and O–H groups in total. The van der Waals surface area contributed by atoms with E-state index in [9.17, 15) is 9.90 Å². The van der Waals surface area contributed by atoms with Crippen molar-refractivity contribution < 1.29 is 32.9 Å². The van der Waals surface area contributed by atoms with Gasteiger partial charge in [-0.25, -0.2) is 18.6 Å². The number of fused-ring (bicyclic) bond motifs is 5. The molecular weight excluding hydrogens is 696 g/mol. The van der Waals surface area contributed by atoms with E-state index in [1.54, 1.807) is 14.1 Å². The van der Waals surface area contributed by atoms with E-state index in [0.29, 0.717) is 29.7 Å². The van der Waals surface area contributed by atoms with Crippen molar-refractivity contribution in [1.29, 1.82) is 0 Å². The van der Waals surface area contributed by atoms with Crippen molar-refractivity contribution in [1.82, 2.24) is 30.1 Å². The van der Waals surface area contributed by atoms with Crippen LogP contribution in [0.3, 0.4) is 0 Å². The van der Waals surface area contributed by atoms with Crippen LogP contribution in [-0.2, 0) is 4.74 Å². The summed E-state index contributed by atoms with van der Waals surface area (Å²) in [7, 11) is 3.32. The quantitative estimate of drug-likeness (QED) is 0.208. The first kappa shape index (κ1) is 36.0. The van der Waals surface area contributed by atoms with Gasteiger partial charge in [-0.1, -0.05) is 12.0 Å². The van der Waals surface area contributed by atoms with Gasteiger partial charge in [0.1, 0.15) is 47.2 Å². The molecule has 2 unspecified atom stereocenters. The fourth-order valence-electron chi connectivity index (χ4n) is 8.89. The highest BCUT2D eigenvalue weighted by atomic mass is 19.1. The number of benzene rings is 2. The van der Waals surface area contributed by atoms with Crippen molar-refractivity contribution in [3.63, 3.8) is 0 Å². The van der Waals surface area contributed by atoms with Gasteiger partial charge in [0.2, 0.25) is 5.88 Å². The molecule has 4 aliphatic rings. The van der Waals surface area contributed by atoms with Gasteiger partial charge in [0, 0.05) is 56.3 Å². The van der Waals surface area contributed by atoms with E-state index < -0.39 is 11.6 Å². The molecule has 54 heavy (non-hydrogen) atoms. The minimum absolute atomic E-state index is 0.00904. The van der Waals surface area contributed by atoms with Crippen molar-refractivity contribution in [2.75, 3.05) is 51.8 Å². The summed E-state index contributed by atoms with van der Waals surface area (Å²) < 4.78 is 50.9. The summed E-state index contributed by atoms with van der Waals surface area (Å²) in [4.78, 5) is 32.6. The van der Waals surface area contributed by atoms with Gasteiger partial charge >= 0.3 is 12.1 Å². The van der Waals surface area contributed by atoms with Crippen LogP contribution in [0.1, 0.15) is 57.9 Å². The SMILES string of the molecule is C#Cc1c(F)ccc2cc(O)cc(-c3nc(OC(C)C)c4c(N5CC6CCC(C5)N6)nc(OC[C@]56CCCN5[C@@H](COC(=O)N(C)C)CC6)nc4c3F)c12. The lowest BCUT2D eigenvalue weighted by atomic mass is 9.95. The van der Waals surface area contributed by atoms with E-state index in [1.807, 2.05) is 13.8 Å². The first-order valence-electron chi connectivity index (χ1n) is 18.7. The Balaban J connectivity index is 1.25. The summed E-state index contributed by atoms with van der Waals surface area (Å²) in [5, 5.41) is 15.4. The number of aromatic nitrogens is 3. The van der Waals surface area contributed by atoms with Crippen LogP contribution in [0.5, 0.6) is 17.6 Å². The number of nitrogens with one attached hydrogen (secondary N) is 1. The molecule has 12 nitrogen and oxygen atoms in total. The number of carbonyl (C=O) groups excluding carboxylic acids is 1. The van der Waals surface area contributed by atoms with E-state index in [0.717, 1.165) is 45.1 Å². The molecule has 0 spiro atoms. The Hall–Kier alpha value is -5.00. The number of terminal acetylenes is 1. The van der Waals surface area contributed by atoms with Crippen LogP contribution in [0, 0.1) is 24.0 Å². The minimum Gasteiger partial charge on any atom is -0.508 e. The molecule has 4 aliphatic heterocycles. The van der Waals surface area contributed by atoms with Crippen molar-refractivity contribution in [2.24, 2.45) is 0 Å². The summed E-state index contributed by atoms with van der Waals surface area (Å²) in [6.45, 7) is 6.36. The molecule has 0 radical (unpaired) electrons. The van der Waals surface area contributed by atoms with Crippen molar-refractivity contribution in [3.8, 4) is 41.2 Å². The van der Waals surface area contributed by atoms with E-state index in [-0.39, 0.29) is 94.4 Å². The summed E-state index contributed by atoms with van der Waals surface area (Å²) in [6.07, 6.45) is 10.6. The van der Waals surface area contributed by atoms with Gasteiger partial charge in [0.25, 0.3) is 0 Å². The molecular formula is C40H45F2N7O5. The molecule has 4 saturated heterocycles. The Morgan fingerprint density at radius 1 is 1.11 bits per heavy atom. The zero-order valence-electron chi connectivity index (χ0n) is 31.0. The molecule has 14 heteroatoms. The molecule has 4 fully saturated rings. The third kappa shape index (κ3) is 6.36. The lowest BCUT2D eigenvalue weighted by Crippen LogP contribution is -2.51. The summed E-state index contributed by atoms with van der Waals surface area (Å²) in [5.41, 5.74) is -0.571. The highest BCUT2D eigenvalue weighted by molar-refractivity contribution is 6.04. The number of nitrogens with zero attached hydrogens (tertiary/aromatic N) is 6. The van der Waals surface area contributed by atoms with Crippen LogP contribution in [-0.4, -0.2) is 113 Å². The number of phenolic OH excluding ortho intramolecular Hbond substituents is 1. The summed E-state index contributed by atoms with van der Waals surface area (Å²) >= 11 is 0. The number of aromatic hydroxyl groups is 1. The minimum atomic E-state index is -0.809. The van der Waals surface area contributed by atoms with Gasteiger partial charge < -0.3 is 34.4 Å². The van der Waals surface area contributed by atoms with Gasteiger partial charge in [0.05, 0.1) is 17.2 Å². The zero-order chi connectivity index (χ0) is 37.9. The monoisotopic (exact) mass is 741 g/mol. The smallest absolute Gasteiger partial charge is 0.409 e. The second-order valence-electron chi connectivity index (χ2n) is 15.5. The average Bonchev–Trinajstić information content (AvgIpc) is 3.82. The number of anilines is 1. The van der Waals surface area contributed by atoms with Gasteiger partial charge in [-0.3, -0.25) is 4.90 Å². The lowest BCUT2D eigenvalue weighted by molar-refractivity contribution is 0.0484. The largest absolute Gasteiger partial charge is 0.508 e. The fraction of sp³-hybridized carbons (Fsp3) is 0.500. The third-order valence-corrected chi connectivity index (χ3v) is 11.3. The normalized spacial score (nSPS) is 23.6. The van der Waals surface area contributed by atoms with Crippen LogP contribution in [0.4, 0.5) is 19.4 Å². The number of phenols is 1. The Morgan fingerprint density at radius 2 is 1.89 bits per heavy atom. The van der Waals surface area contributed by atoms with Crippen molar-refractivity contribution in [3.05, 3.63) is 41.5 Å². The van der Waals surface area contributed by atoms with E-state index in [2.05, 4.69) is 21.0 Å². The molecule has 0 aliphatic carbocycles. The molecule has 284 valence electrons. The van der Waals surface area contributed by atoms with E-state index >= 15 is 8.78 Å². The van der Waals surface area contributed by atoms with Crippen LogP contribution >= 0.6 is 0 Å². The molecule has 6 heterocycles. The van der Waals surface area contributed by atoms with E-state index in [1.165, 1.54) is 29.2 Å². The Labute approximate surface area is 312 Å². The van der Waals surface area contributed by atoms with Crippen molar-refractivity contribution in [2.45, 2.75) is 82.1 Å². The number of amides is 1. The number of halogens is 2. The molecule has 2 bridgehead atoms. The predicted molar refractivity (Wildman–Crippen MR) is 200 cm³/mol. The molecule has 2 aromatic carbocycles. The molecule has 8 rings (SSSR count). The van der Waals surface area contributed by atoms with Crippen molar-refractivity contribution >= 4 is 33.6 Å². The number of pyridine rings is 1. The van der Waals surface area contributed by atoms with Crippen LogP contribution in [0.15, 0.2) is 24.3 Å². The summed E-state index contributed by atoms with van der Waals surface area (Å²) in [6, 6.07) is 6.01. The maximum absolute atomic E-state index is 17.4. The Morgan fingerprint density at radius 3 is 2.61 bits per heavy atom. The number of carbonyl (C=O) groups is 1. The highest BCUT2D eigenvalue weighted by Gasteiger charge is 2.50. The highest BCUT2D eigenvalue weighted by Crippen LogP contribution is 2.45. The number of hydrogen-bond acceptors (Lipinski definition) is 11. The van der Waals surface area contributed by atoms with Crippen LogP contribution < -0.4 is 19.7 Å². The number of hydrogen-bond donors (Lipinski definition) is 2. The van der Waals surface area contributed by atoms with E-state index in [4.69, 9.17) is 35.6 Å². The Kier molecular flexibility index (Phi) is 9.34. The topological polar surface area (TPSA) is 125 Å². The average molecular weight is 742 g/mol. The first-order chi connectivity index (χ1) is 25.9. The van der Waals surface area contributed by atoms with Gasteiger partial charge in [-0.2, -0.15) is 9.97 Å². The molecule has 1 amide bonds. The maximum Gasteiger partial charge on any atom is 0.409 e. The lowest BCUT2D eigenvalue weighted by Gasteiger charge is -2.35. The number of piperazine rings is 1. The second kappa shape index (κ2) is 14.0. The van der Waals surface area contributed by atoms with Gasteiger partial charge in [0.15, 0.2) is 5.82 Å². The number of ether oxygens (including phenoxy) is 3. The second-order valence-corrected chi connectivity index (χ2v) is 15.5. The molecule has 2 aromatic heterocycles. The Bertz CT molecular complexity index is 2170. The van der Waals surface area contributed by atoms with Crippen LogP contribution in [0.25, 0.3) is 32.9 Å². The molecule has 0 saturated carbocycles. The fourth-order valence-corrected chi connectivity index (χ4v) is 8.89. The van der Waals surface area contributed by atoms with Gasteiger partial charge in [-0.15, -0.1) is 6.42 Å². The van der Waals surface area contributed by atoms with Crippen LogP contribution in [0.2, 0.25) is 0 Å². The third-order valence-electron chi connectivity index (χ3n) is 11.3. The molecule has 4 aromatic rings. The summed E-state index contributed by atoms with van der Waals surface area (Å²) in [5.74, 6) is 1.32.